The van der Waals surface area contributed by atoms with E-state index in [4.69, 9.17) is 5.73 Å². The predicted octanol–water partition coefficient (Wildman–Crippen LogP) is 0.755. The highest BCUT2D eigenvalue weighted by molar-refractivity contribution is 7.13. The van der Waals surface area contributed by atoms with Crippen LogP contribution in [0.5, 0.6) is 0 Å². The van der Waals surface area contributed by atoms with Gasteiger partial charge >= 0.3 is 5.00 Å². The fourth-order valence-corrected chi connectivity index (χ4v) is 1.26. The average Bonchev–Trinajstić information content (AvgIpc) is 2.33. The lowest BCUT2D eigenvalue weighted by atomic mass is 10.3. The quantitative estimate of drug-likeness (QED) is 0.527. The summed E-state index contributed by atoms with van der Waals surface area (Å²) < 4.78 is 0. The van der Waals surface area contributed by atoms with Gasteiger partial charge in [-0.1, -0.05) is 11.3 Å². The Labute approximate surface area is 65.6 Å². The number of nitrogens with zero attached hydrogens (tertiary/aromatic N) is 1. The van der Waals surface area contributed by atoms with Crippen LogP contribution in [0.25, 0.3) is 0 Å². The van der Waals surface area contributed by atoms with Crippen molar-refractivity contribution in [3.63, 3.8) is 0 Å². The van der Waals surface area contributed by atoms with Gasteiger partial charge in [-0.15, -0.1) is 0 Å². The van der Waals surface area contributed by atoms with Crippen molar-refractivity contribution < 1.29 is 9.72 Å². The number of nitrogens with two attached hydrogens (primary N) is 1. The van der Waals surface area contributed by atoms with Crippen LogP contribution >= 0.6 is 11.3 Å². The fourth-order valence-electron chi connectivity index (χ4n) is 0.550. The van der Waals surface area contributed by atoms with Crippen molar-refractivity contribution in [1.29, 1.82) is 0 Å². The summed E-state index contributed by atoms with van der Waals surface area (Å²) in [4.78, 5) is 20.0. The van der Waals surface area contributed by atoms with E-state index >= 15 is 0 Å². The zero-order valence-corrected chi connectivity index (χ0v) is 6.13. The molecular weight excluding hydrogens is 168 g/mol. The maximum absolute atomic E-state index is 10.4. The summed E-state index contributed by atoms with van der Waals surface area (Å²) >= 11 is 0.886. The first-order valence-electron chi connectivity index (χ1n) is 2.64. The summed E-state index contributed by atoms with van der Waals surface area (Å²) in [6.45, 7) is 0. The van der Waals surface area contributed by atoms with Crippen LogP contribution in [0.15, 0.2) is 11.4 Å². The molecule has 1 rings (SSSR count). The zero-order chi connectivity index (χ0) is 8.43. The number of amides is 1. The van der Waals surface area contributed by atoms with Gasteiger partial charge in [0.1, 0.15) is 0 Å². The van der Waals surface area contributed by atoms with Gasteiger partial charge in [-0.3, -0.25) is 14.9 Å². The SMILES string of the molecule is NC(=O)c1csc([N+](=O)[O-])c1. The van der Waals surface area contributed by atoms with Gasteiger partial charge < -0.3 is 5.73 Å². The van der Waals surface area contributed by atoms with Crippen LogP contribution in [0, 0.1) is 10.1 Å². The molecule has 0 aliphatic rings. The Morgan fingerprint density at radius 1 is 1.73 bits per heavy atom. The highest BCUT2D eigenvalue weighted by Gasteiger charge is 2.11. The molecule has 6 heteroatoms. The number of carbonyl (C=O) groups is 1. The van der Waals surface area contributed by atoms with Crippen LogP contribution in [0.2, 0.25) is 0 Å². The molecule has 0 saturated carbocycles. The summed E-state index contributed by atoms with van der Waals surface area (Å²) in [6, 6.07) is 1.16. The predicted molar refractivity (Wildman–Crippen MR) is 39.5 cm³/mol. The molecule has 0 saturated heterocycles. The number of nitro groups is 1. The largest absolute Gasteiger partial charge is 0.366 e. The van der Waals surface area contributed by atoms with Crippen molar-refractivity contribution in [2.24, 2.45) is 5.73 Å². The second kappa shape index (κ2) is 2.67. The van der Waals surface area contributed by atoms with Gasteiger partial charge in [0.2, 0.25) is 5.91 Å². The van der Waals surface area contributed by atoms with Gasteiger partial charge in [0.25, 0.3) is 0 Å². The Kier molecular flexibility index (Phi) is 1.86. The molecule has 0 spiro atoms. The molecule has 0 aromatic carbocycles. The normalized spacial score (nSPS) is 9.45. The Balaban J connectivity index is 2.99. The van der Waals surface area contributed by atoms with Gasteiger partial charge in [0, 0.05) is 11.4 Å². The highest BCUT2D eigenvalue weighted by Crippen LogP contribution is 2.21. The maximum Gasteiger partial charge on any atom is 0.324 e. The van der Waals surface area contributed by atoms with Crippen LogP contribution in [-0.2, 0) is 0 Å². The van der Waals surface area contributed by atoms with Crippen molar-refractivity contribution in [2.45, 2.75) is 0 Å². The molecule has 0 aliphatic carbocycles. The van der Waals surface area contributed by atoms with Crippen molar-refractivity contribution >= 4 is 22.2 Å². The lowest BCUT2D eigenvalue weighted by Gasteiger charge is -1.81. The Bertz CT molecular complexity index is 278. The first-order chi connectivity index (χ1) is 5.11. The molecule has 0 unspecified atom stereocenters. The van der Waals surface area contributed by atoms with E-state index in [1.54, 1.807) is 0 Å². The van der Waals surface area contributed by atoms with E-state index in [1.807, 2.05) is 0 Å². The lowest BCUT2D eigenvalue weighted by molar-refractivity contribution is -0.380. The van der Waals surface area contributed by atoms with Crippen molar-refractivity contribution in [1.82, 2.24) is 0 Å². The molecule has 0 atom stereocenters. The maximum atomic E-state index is 10.4. The third-order valence-corrected chi connectivity index (χ3v) is 1.93. The molecule has 0 radical (unpaired) electrons. The van der Waals surface area contributed by atoms with Crippen LogP contribution in [0.3, 0.4) is 0 Å². The lowest BCUT2D eigenvalue weighted by Crippen LogP contribution is -2.09. The second-order valence-electron chi connectivity index (χ2n) is 1.79. The molecule has 5 nitrogen and oxygen atoms in total. The molecule has 58 valence electrons. The molecular formula is C5H4N2O3S. The molecule has 1 aromatic heterocycles. The molecule has 2 N–H and O–H groups in total. The van der Waals surface area contributed by atoms with Crippen LogP contribution in [0.1, 0.15) is 10.4 Å². The summed E-state index contributed by atoms with van der Waals surface area (Å²) in [6.07, 6.45) is 0. The van der Waals surface area contributed by atoms with E-state index in [9.17, 15) is 14.9 Å². The number of rotatable bonds is 2. The van der Waals surface area contributed by atoms with E-state index in [2.05, 4.69) is 0 Å². The molecule has 0 fully saturated rings. The van der Waals surface area contributed by atoms with Crippen LogP contribution < -0.4 is 5.73 Å². The molecule has 1 amide bonds. The molecule has 0 bridgehead atoms. The van der Waals surface area contributed by atoms with E-state index in [1.165, 1.54) is 5.38 Å². The van der Waals surface area contributed by atoms with Gasteiger partial charge in [0.15, 0.2) is 0 Å². The Hall–Kier alpha value is -1.43. The number of carbonyl (C=O) groups excluding carboxylic acids is 1. The Morgan fingerprint density at radius 2 is 2.36 bits per heavy atom. The van der Waals surface area contributed by atoms with Gasteiger partial charge in [-0.05, 0) is 0 Å². The zero-order valence-electron chi connectivity index (χ0n) is 5.31. The first-order valence-corrected chi connectivity index (χ1v) is 3.52. The number of hydrogen-bond donors (Lipinski definition) is 1. The molecule has 11 heavy (non-hydrogen) atoms. The van der Waals surface area contributed by atoms with Crippen molar-refractivity contribution in [3.05, 3.63) is 27.1 Å². The number of hydrogen-bond acceptors (Lipinski definition) is 4. The van der Waals surface area contributed by atoms with Gasteiger partial charge in [-0.2, -0.15) is 0 Å². The van der Waals surface area contributed by atoms with Crippen LogP contribution in [0.4, 0.5) is 5.00 Å². The minimum atomic E-state index is -0.644. The molecule has 1 heterocycles. The third kappa shape index (κ3) is 1.53. The first kappa shape index (κ1) is 7.67. The van der Waals surface area contributed by atoms with Gasteiger partial charge in [-0.25, -0.2) is 0 Å². The van der Waals surface area contributed by atoms with E-state index in [0.29, 0.717) is 0 Å². The average molecular weight is 172 g/mol. The van der Waals surface area contributed by atoms with Gasteiger partial charge in [0.05, 0.1) is 10.5 Å². The van der Waals surface area contributed by atoms with Crippen LogP contribution in [-0.4, -0.2) is 10.8 Å². The van der Waals surface area contributed by atoms with E-state index < -0.39 is 10.8 Å². The molecule has 0 aliphatic heterocycles. The van der Waals surface area contributed by atoms with E-state index in [-0.39, 0.29) is 10.6 Å². The summed E-state index contributed by atoms with van der Waals surface area (Å²) in [5, 5.41) is 11.4. The van der Waals surface area contributed by atoms with Crippen molar-refractivity contribution in [2.75, 3.05) is 0 Å². The smallest absolute Gasteiger partial charge is 0.324 e. The molecule has 1 aromatic rings. The third-order valence-electron chi connectivity index (χ3n) is 1.05. The topological polar surface area (TPSA) is 86.2 Å². The highest BCUT2D eigenvalue weighted by atomic mass is 32.1. The summed E-state index contributed by atoms with van der Waals surface area (Å²) in [5.74, 6) is -0.644. The number of primary amides is 1. The van der Waals surface area contributed by atoms with E-state index in [0.717, 1.165) is 17.4 Å². The summed E-state index contributed by atoms with van der Waals surface area (Å²) in [7, 11) is 0. The Morgan fingerprint density at radius 3 is 2.64 bits per heavy atom. The fraction of sp³-hybridized carbons (Fsp3) is 0. The number of thiophene rings is 1. The standard InChI is InChI=1S/C5H4N2O3S/c6-5(8)3-1-4(7(9)10)11-2-3/h1-2H,(H2,6,8). The monoisotopic (exact) mass is 172 g/mol. The minimum absolute atomic E-state index is 0.0706. The second-order valence-corrected chi connectivity index (χ2v) is 2.68. The summed E-state index contributed by atoms with van der Waals surface area (Å²) in [5.41, 5.74) is 5.05. The van der Waals surface area contributed by atoms with Crippen molar-refractivity contribution in [3.8, 4) is 0 Å². The minimum Gasteiger partial charge on any atom is -0.366 e.